The van der Waals surface area contributed by atoms with Gasteiger partial charge < -0.3 is 10.6 Å². The third-order valence-corrected chi connectivity index (χ3v) is 4.95. The molecule has 0 bridgehead atoms. The van der Waals surface area contributed by atoms with Gasteiger partial charge in [0.15, 0.2) is 0 Å². The highest BCUT2D eigenvalue weighted by Crippen LogP contribution is 2.36. The van der Waals surface area contributed by atoms with Crippen molar-refractivity contribution in [2.45, 2.75) is 25.3 Å². The van der Waals surface area contributed by atoms with Crippen LogP contribution in [0.4, 0.5) is 5.95 Å². The van der Waals surface area contributed by atoms with Crippen molar-refractivity contribution in [3.8, 4) is 11.1 Å². The first kappa shape index (κ1) is 17.2. The number of anilines is 1. The van der Waals surface area contributed by atoms with E-state index in [0.717, 1.165) is 36.1 Å². The number of carbonyl (C=O) groups excluding carboxylic acids is 1. The number of piperidine rings is 1. The molecular formula is C20H22N6O. The van der Waals surface area contributed by atoms with Crippen molar-refractivity contribution in [2.75, 3.05) is 12.3 Å². The molecule has 2 N–H and O–H groups in total. The molecule has 1 saturated heterocycles. The Morgan fingerprint density at radius 3 is 2.74 bits per heavy atom. The van der Waals surface area contributed by atoms with Crippen molar-refractivity contribution < 1.29 is 4.79 Å². The van der Waals surface area contributed by atoms with Gasteiger partial charge in [0.1, 0.15) is 0 Å². The van der Waals surface area contributed by atoms with E-state index < -0.39 is 0 Å². The first-order valence-corrected chi connectivity index (χ1v) is 9.11. The number of hydrogen-bond donors (Lipinski definition) is 1. The largest absolute Gasteiger partial charge is 0.368 e. The second kappa shape index (κ2) is 7.19. The van der Waals surface area contributed by atoms with Gasteiger partial charge in [-0.2, -0.15) is 5.10 Å². The van der Waals surface area contributed by atoms with Gasteiger partial charge in [-0.25, -0.2) is 9.97 Å². The lowest BCUT2D eigenvalue weighted by Crippen LogP contribution is -2.39. The van der Waals surface area contributed by atoms with Crippen molar-refractivity contribution in [1.82, 2.24) is 24.6 Å². The molecule has 27 heavy (non-hydrogen) atoms. The van der Waals surface area contributed by atoms with Crippen LogP contribution in [0.2, 0.25) is 0 Å². The minimum Gasteiger partial charge on any atom is -0.368 e. The number of carbonyl (C=O) groups is 1. The van der Waals surface area contributed by atoms with Crippen molar-refractivity contribution >= 4 is 11.9 Å². The van der Waals surface area contributed by atoms with Gasteiger partial charge >= 0.3 is 0 Å². The van der Waals surface area contributed by atoms with E-state index in [-0.39, 0.29) is 17.9 Å². The maximum Gasteiger partial charge on any atom is 0.257 e. The summed E-state index contributed by atoms with van der Waals surface area (Å²) in [5.41, 5.74) is 9.25. The zero-order chi connectivity index (χ0) is 18.8. The molecule has 0 unspecified atom stereocenters. The van der Waals surface area contributed by atoms with Crippen LogP contribution in [0.5, 0.6) is 0 Å². The van der Waals surface area contributed by atoms with Crippen LogP contribution in [0, 0.1) is 0 Å². The fourth-order valence-corrected chi connectivity index (χ4v) is 3.66. The van der Waals surface area contributed by atoms with Gasteiger partial charge in [-0.3, -0.25) is 9.48 Å². The van der Waals surface area contributed by atoms with Crippen LogP contribution in [0.3, 0.4) is 0 Å². The van der Waals surface area contributed by atoms with E-state index >= 15 is 0 Å². The minimum atomic E-state index is -0.132. The Bertz CT molecular complexity index is 952. The zero-order valence-corrected chi connectivity index (χ0v) is 15.2. The molecule has 0 spiro atoms. The summed E-state index contributed by atoms with van der Waals surface area (Å²) < 4.78 is 1.64. The highest BCUT2D eigenvalue weighted by molar-refractivity contribution is 5.94. The lowest BCUT2D eigenvalue weighted by molar-refractivity contribution is 0.0606. The average Bonchev–Trinajstić information content (AvgIpc) is 3.14. The van der Waals surface area contributed by atoms with Crippen molar-refractivity contribution in [3.63, 3.8) is 0 Å². The quantitative estimate of drug-likeness (QED) is 0.774. The SMILES string of the molecule is Cn1cc(C(=O)N2CCCC[C@H]2c2nc(N)ncc2-c2ccccc2)cn1. The first-order valence-electron chi connectivity index (χ1n) is 9.11. The van der Waals surface area contributed by atoms with Crippen molar-refractivity contribution in [2.24, 2.45) is 7.05 Å². The Morgan fingerprint density at radius 1 is 1.19 bits per heavy atom. The molecule has 1 aliphatic heterocycles. The molecule has 0 aliphatic carbocycles. The summed E-state index contributed by atoms with van der Waals surface area (Å²) in [6.45, 7) is 0.691. The van der Waals surface area contributed by atoms with Crippen molar-refractivity contribution in [3.05, 3.63) is 60.2 Å². The Morgan fingerprint density at radius 2 is 2.00 bits per heavy atom. The topological polar surface area (TPSA) is 89.9 Å². The van der Waals surface area contributed by atoms with Gasteiger partial charge in [0.05, 0.1) is 23.5 Å². The molecule has 1 amide bonds. The third kappa shape index (κ3) is 3.40. The molecule has 0 radical (unpaired) electrons. The van der Waals surface area contributed by atoms with E-state index in [1.54, 1.807) is 23.3 Å². The fourth-order valence-electron chi connectivity index (χ4n) is 3.66. The molecule has 1 atom stereocenters. The molecular weight excluding hydrogens is 340 g/mol. The monoisotopic (exact) mass is 362 g/mol. The predicted molar refractivity (Wildman–Crippen MR) is 103 cm³/mol. The lowest BCUT2D eigenvalue weighted by Gasteiger charge is -2.36. The molecule has 4 rings (SSSR count). The summed E-state index contributed by atoms with van der Waals surface area (Å²) in [7, 11) is 1.81. The number of likely N-dealkylation sites (tertiary alicyclic amines) is 1. The summed E-state index contributed by atoms with van der Waals surface area (Å²) in [6.07, 6.45) is 7.99. The van der Waals surface area contributed by atoms with Crippen LogP contribution in [-0.4, -0.2) is 37.1 Å². The molecule has 7 heteroatoms. The van der Waals surface area contributed by atoms with Crippen LogP contribution in [0.25, 0.3) is 11.1 Å². The van der Waals surface area contributed by atoms with E-state index in [0.29, 0.717) is 12.1 Å². The molecule has 1 aromatic carbocycles. The summed E-state index contributed by atoms with van der Waals surface area (Å²) in [4.78, 5) is 23.8. The molecule has 7 nitrogen and oxygen atoms in total. The number of amides is 1. The number of nitrogens with two attached hydrogens (primary N) is 1. The average molecular weight is 362 g/mol. The smallest absolute Gasteiger partial charge is 0.257 e. The molecule has 0 saturated carbocycles. The number of rotatable bonds is 3. The molecule has 1 fully saturated rings. The second-order valence-electron chi connectivity index (χ2n) is 6.81. The minimum absolute atomic E-state index is 0.0241. The molecule has 138 valence electrons. The molecule has 3 heterocycles. The van der Waals surface area contributed by atoms with Crippen molar-refractivity contribution in [1.29, 1.82) is 0 Å². The Kier molecular flexibility index (Phi) is 4.58. The Balaban J connectivity index is 1.76. The lowest BCUT2D eigenvalue weighted by atomic mass is 9.93. The number of hydrogen-bond acceptors (Lipinski definition) is 5. The first-order chi connectivity index (χ1) is 13.1. The van der Waals surface area contributed by atoms with E-state index in [1.807, 2.05) is 42.3 Å². The Labute approximate surface area is 157 Å². The summed E-state index contributed by atoms with van der Waals surface area (Å²) >= 11 is 0. The summed E-state index contributed by atoms with van der Waals surface area (Å²) in [5.74, 6) is 0.202. The standard InChI is InChI=1S/C20H22N6O/c1-25-13-15(11-23-25)19(27)26-10-6-5-9-17(26)18-16(12-22-20(21)24-18)14-7-3-2-4-8-14/h2-4,7-8,11-13,17H,5-6,9-10H2,1H3,(H2,21,22,24)/t17-/m0/s1. The van der Waals surface area contributed by atoms with E-state index in [4.69, 9.17) is 5.73 Å². The van der Waals surface area contributed by atoms with Crippen LogP contribution in [0.1, 0.15) is 41.4 Å². The number of nitrogen functional groups attached to an aromatic ring is 1. The normalized spacial score (nSPS) is 17.1. The predicted octanol–water partition coefficient (Wildman–Crippen LogP) is 2.83. The van der Waals surface area contributed by atoms with Gasteiger partial charge in [-0.15, -0.1) is 0 Å². The van der Waals surface area contributed by atoms with E-state index in [2.05, 4.69) is 15.1 Å². The van der Waals surface area contributed by atoms with E-state index in [1.165, 1.54) is 0 Å². The molecule has 1 aliphatic rings. The number of benzene rings is 1. The Hall–Kier alpha value is -3.22. The molecule has 3 aromatic rings. The van der Waals surface area contributed by atoms with E-state index in [9.17, 15) is 4.79 Å². The highest BCUT2D eigenvalue weighted by atomic mass is 16.2. The van der Waals surface area contributed by atoms with Gasteiger partial charge in [-0.1, -0.05) is 30.3 Å². The number of aryl methyl sites for hydroxylation is 1. The summed E-state index contributed by atoms with van der Waals surface area (Å²) in [6, 6.07) is 9.85. The third-order valence-electron chi connectivity index (χ3n) is 4.95. The van der Waals surface area contributed by atoms with Gasteiger partial charge in [0.25, 0.3) is 5.91 Å². The number of aromatic nitrogens is 4. The van der Waals surface area contributed by atoms with Gasteiger partial charge in [0, 0.05) is 31.5 Å². The van der Waals surface area contributed by atoms with Crippen LogP contribution >= 0.6 is 0 Å². The maximum atomic E-state index is 13.1. The fraction of sp³-hybridized carbons (Fsp3) is 0.300. The summed E-state index contributed by atoms with van der Waals surface area (Å²) in [5, 5.41) is 4.13. The molecule has 2 aromatic heterocycles. The zero-order valence-electron chi connectivity index (χ0n) is 15.2. The van der Waals surface area contributed by atoms with Crippen LogP contribution < -0.4 is 5.73 Å². The van der Waals surface area contributed by atoms with Crippen LogP contribution in [-0.2, 0) is 7.05 Å². The second-order valence-corrected chi connectivity index (χ2v) is 6.81. The van der Waals surface area contributed by atoms with Gasteiger partial charge in [-0.05, 0) is 24.8 Å². The highest BCUT2D eigenvalue weighted by Gasteiger charge is 2.32. The van der Waals surface area contributed by atoms with Gasteiger partial charge in [0.2, 0.25) is 5.95 Å². The van der Waals surface area contributed by atoms with Crippen LogP contribution in [0.15, 0.2) is 48.9 Å². The number of nitrogens with zero attached hydrogens (tertiary/aromatic N) is 5. The maximum absolute atomic E-state index is 13.1.